The van der Waals surface area contributed by atoms with Crippen molar-refractivity contribution in [3.63, 3.8) is 0 Å². The fourth-order valence-electron chi connectivity index (χ4n) is 2.72. The predicted octanol–water partition coefficient (Wildman–Crippen LogP) is 3.48. The number of hydrogen-bond donors (Lipinski definition) is 3. The molecule has 1 unspecified atom stereocenters. The Labute approximate surface area is 161 Å². The van der Waals surface area contributed by atoms with Gasteiger partial charge in [0.1, 0.15) is 0 Å². The molecule has 0 radical (unpaired) electrons. The third kappa shape index (κ3) is 4.62. The van der Waals surface area contributed by atoms with Crippen LogP contribution < -0.4 is 25.8 Å². The van der Waals surface area contributed by atoms with Crippen molar-refractivity contribution in [2.75, 3.05) is 18.5 Å². The number of benzene rings is 2. The number of anilines is 1. The van der Waals surface area contributed by atoms with Gasteiger partial charge in [0.2, 0.25) is 0 Å². The van der Waals surface area contributed by atoms with Gasteiger partial charge in [0.05, 0.1) is 24.3 Å². The molecule has 0 aromatic heterocycles. The molecule has 1 atom stereocenters. The number of urea groups is 1. The first-order valence-electron chi connectivity index (χ1n) is 8.50. The van der Waals surface area contributed by atoms with E-state index in [2.05, 4.69) is 10.6 Å². The fourth-order valence-corrected chi connectivity index (χ4v) is 2.99. The van der Waals surface area contributed by atoms with Crippen LogP contribution in [-0.2, 0) is 0 Å². The maximum absolute atomic E-state index is 12.6. The van der Waals surface area contributed by atoms with E-state index in [9.17, 15) is 9.59 Å². The highest BCUT2D eigenvalue weighted by molar-refractivity contribution is 6.32. The number of carbonyl (C=O) groups excluding carboxylic acids is 2. The van der Waals surface area contributed by atoms with Crippen LogP contribution in [0.15, 0.2) is 36.4 Å². The average molecular weight is 390 g/mol. The molecule has 7 nitrogen and oxygen atoms in total. The van der Waals surface area contributed by atoms with Crippen molar-refractivity contribution in [1.29, 1.82) is 0 Å². The Kier molecular flexibility index (Phi) is 5.71. The first kappa shape index (κ1) is 18.8. The SMILES string of the molecule is CC(NC(=O)c1cc(Cl)c2c(c1)OCCCO2)c1ccc(NC(N)=O)cc1. The predicted molar refractivity (Wildman–Crippen MR) is 103 cm³/mol. The van der Waals surface area contributed by atoms with Crippen molar-refractivity contribution in [3.05, 3.63) is 52.5 Å². The maximum atomic E-state index is 12.6. The zero-order valence-electron chi connectivity index (χ0n) is 14.8. The highest BCUT2D eigenvalue weighted by Crippen LogP contribution is 2.38. The third-order valence-corrected chi connectivity index (χ3v) is 4.37. The molecule has 3 amide bonds. The molecule has 8 heteroatoms. The topological polar surface area (TPSA) is 103 Å². The molecule has 0 saturated carbocycles. The number of amides is 3. The second kappa shape index (κ2) is 8.18. The summed E-state index contributed by atoms with van der Waals surface area (Å²) in [6.07, 6.45) is 0.754. The zero-order chi connectivity index (χ0) is 19.4. The number of nitrogens with one attached hydrogen (secondary N) is 2. The van der Waals surface area contributed by atoms with Crippen LogP contribution >= 0.6 is 11.6 Å². The van der Waals surface area contributed by atoms with Crippen molar-refractivity contribution < 1.29 is 19.1 Å². The molecule has 1 aliphatic rings. The van der Waals surface area contributed by atoms with E-state index >= 15 is 0 Å². The molecule has 142 valence electrons. The van der Waals surface area contributed by atoms with Gasteiger partial charge in [-0.15, -0.1) is 0 Å². The number of primary amides is 1. The Bertz CT molecular complexity index is 855. The number of nitrogens with two attached hydrogens (primary N) is 1. The summed E-state index contributed by atoms with van der Waals surface area (Å²) in [5.74, 6) is 0.662. The molecule has 1 aliphatic heterocycles. The van der Waals surface area contributed by atoms with Crippen molar-refractivity contribution in [2.45, 2.75) is 19.4 Å². The highest BCUT2D eigenvalue weighted by atomic mass is 35.5. The van der Waals surface area contributed by atoms with Gasteiger partial charge >= 0.3 is 6.03 Å². The van der Waals surface area contributed by atoms with Gasteiger partial charge in [0, 0.05) is 17.7 Å². The Morgan fingerprint density at radius 2 is 1.85 bits per heavy atom. The van der Waals surface area contributed by atoms with Gasteiger partial charge in [-0.2, -0.15) is 0 Å². The van der Waals surface area contributed by atoms with Crippen molar-refractivity contribution >= 4 is 29.2 Å². The van der Waals surface area contributed by atoms with E-state index in [1.807, 2.05) is 6.92 Å². The summed E-state index contributed by atoms with van der Waals surface area (Å²) in [6, 6.07) is 9.35. The van der Waals surface area contributed by atoms with E-state index in [4.69, 9.17) is 26.8 Å². The number of fused-ring (bicyclic) bond motifs is 1. The van der Waals surface area contributed by atoms with Crippen LogP contribution in [0.2, 0.25) is 5.02 Å². The van der Waals surface area contributed by atoms with Crippen LogP contribution in [0.3, 0.4) is 0 Å². The number of carbonyl (C=O) groups is 2. The third-order valence-electron chi connectivity index (χ3n) is 4.09. The second-order valence-electron chi connectivity index (χ2n) is 6.14. The quantitative estimate of drug-likeness (QED) is 0.744. The summed E-state index contributed by atoms with van der Waals surface area (Å²) in [7, 11) is 0. The van der Waals surface area contributed by atoms with Gasteiger partial charge < -0.3 is 25.8 Å². The largest absolute Gasteiger partial charge is 0.489 e. The Balaban J connectivity index is 1.72. The number of halogens is 1. The molecule has 0 fully saturated rings. The van der Waals surface area contributed by atoms with E-state index < -0.39 is 6.03 Å². The van der Waals surface area contributed by atoms with E-state index in [1.54, 1.807) is 36.4 Å². The lowest BCUT2D eigenvalue weighted by Crippen LogP contribution is -2.26. The monoisotopic (exact) mass is 389 g/mol. The average Bonchev–Trinajstić information content (AvgIpc) is 2.87. The van der Waals surface area contributed by atoms with Gasteiger partial charge in [-0.25, -0.2) is 4.79 Å². The van der Waals surface area contributed by atoms with Gasteiger partial charge in [0.25, 0.3) is 5.91 Å². The summed E-state index contributed by atoms with van der Waals surface area (Å²) in [6.45, 7) is 2.89. The van der Waals surface area contributed by atoms with Gasteiger partial charge in [-0.3, -0.25) is 4.79 Å². The van der Waals surface area contributed by atoms with Crippen molar-refractivity contribution in [3.8, 4) is 11.5 Å². The lowest BCUT2D eigenvalue weighted by atomic mass is 10.1. The molecule has 0 aliphatic carbocycles. The lowest BCUT2D eigenvalue weighted by molar-refractivity contribution is 0.0939. The molecular weight excluding hydrogens is 370 g/mol. The summed E-state index contributed by atoms with van der Waals surface area (Å²) in [5.41, 5.74) is 6.93. The van der Waals surface area contributed by atoms with E-state index in [-0.39, 0.29) is 11.9 Å². The molecule has 1 heterocycles. The van der Waals surface area contributed by atoms with Gasteiger partial charge in [-0.1, -0.05) is 23.7 Å². The first-order chi connectivity index (χ1) is 12.9. The highest BCUT2D eigenvalue weighted by Gasteiger charge is 2.19. The van der Waals surface area contributed by atoms with Crippen LogP contribution in [0.4, 0.5) is 10.5 Å². The maximum Gasteiger partial charge on any atom is 0.316 e. The first-order valence-corrected chi connectivity index (χ1v) is 8.88. The minimum Gasteiger partial charge on any atom is -0.489 e. The van der Waals surface area contributed by atoms with Gasteiger partial charge in [0.15, 0.2) is 11.5 Å². The van der Waals surface area contributed by atoms with Crippen LogP contribution in [0, 0.1) is 0 Å². The Morgan fingerprint density at radius 3 is 2.56 bits per heavy atom. The smallest absolute Gasteiger partial charge is 0.316 e. The van der Waals surface area contributed by atoms with Crippen LogP contribution in [-0.4, -0.2) is 25.2 Å². The molecule has 0 bridgehead atoms. The molecule has 2 aromatic carbocycles. The van der Waals surface area contributed by atoms with Crippen LogP contribution in [0.1, 0.15) is 35.3 Å². The second-order valence-corrected chi connectivity index (χ2v) is 6.55. The summed E-state index contributed by atoms with van der Waals surface area (Å²) in [5, 5.41) is 5.75. The van der Waals surface area contributed by atoms with E-state index in [0.717, 1.165) is 12.0 Å². The molecule has 3 rings (SSSR count). The van der Waals surface area contributed by atoms with Gasteiger partial charge in [-0.05, 0) is 36.8 Å². The molecule has 27 heavy (non-hydrogen) atoms. The molecule has 4 N–H and O–H groups in total. The number of ether oxygens (including phenoxy) is 2. The number of rotatable bonds is 4. The Morgan fingerprint density at radius 1 is 1.15 bits per heavy atom. The summed E-state index contributed by atoms with van der Waals surface area (Å²) < 4.78 is 11.2. The minimum atomic E-state index is -0.629. The standard InChI is InChI=1S/C19H20ClN3O4/c1-11(12-3-5-14(6-4-12)23-19(21)25)22-18(24)13-9-15(20)17-16(10-13)26-7-2-8-27-17/h3-6,9-11H,2,7-8H2,1H3,(H,22,24)(H3,21,23,25). The summed E-state index contributed by atoms with van der Waals surface area (Å²) in [4.78, 5) is 23.5. The van der Waals surface area contributed by atoms with Crippen LogP contribution in [0.25, 0.3) is 0 Å². The normalized spacial score (nSPS) is 14.0. The van der Waals surface area contributed by atoms with Crippen LogP contribution in [0.5, 0.6) is 11.5 Å². The lowest BCUT2D eigenvalue weighted by Gasteiger charge is -2.16. The summed E-state index contributed by atoms with van der Waals surface area (Å²) >= 11 is 6.25. The molecule has 0 saturated heterocycles. The molecule has 0 spiro atoms. The van der Waals surface area contributed by atoms with Crippen molar-refractivity contribution in [1.82, 2.24) is 5.32 Å². The minimum absolute atomic E-state index is 0.255. The van der Waals surface area contributed by atoms with Crippen molar-refractivity contribution in [2.24, 2.45) is 5.73 Å². The van der Waals surface area contributed by atoms with E-state index in [0.29, 0.717) is 41.0 Å². The zero-order valence-corrected chi connectivity index (χ0v) is 15.5. The number of hydrogen-bond acceptors (Lipinski definition) is 4. The Hall–Kier alpha value is -2.93. The van der Waals surface area contributed by atoms with E-state index in [1.165, 1.54) is 0 Å². The fraction of sp³-hybridized carbons (Fsp3) is 0.263. The molecule has 2 aromatic rings. The molecular formula is C19H20ClN3O4.